The van der Waals surface area contributed by atoms with E-state index in [-0.39, 0.29) is 6.61 Å². The van der Waals surface area contributed by atoms with Crippen molar-refractivity contribution in [2.75, 3.05) is 26.3 Å². The van der Waals surface area contributed by atoms with Gasteiger partial charge in [0.2, 0.25) is 0 Å². The second-order valence-corrected chi connectivity index (χ2v) is 5.18. The fraction of sp³-hybridized carbons (Fsp3) is 0.667. The average molecular weight is 241 g/mol. The maximum atomic E-state index is 8.69. The minimum atomic E-state index is 0.134. The van der Waals surface area contributed by atoms with Gasteiger partial charge < -0.3 is 9.84 Å². The molecular weight excluding hydrogens is 222 g/mol. The van der Waals surface area contributed by atoms with Crippen LogP contribution in [0.3, 0.4) is 0 Å². The highest BCUT2D eigenvalue weighted by atomic mass is 32.1. The first-order valence-corrected chi connectivity index (χ1v) is 6.73. The van der Waals surface area contributed by atoms with Crippen LogP contribution in [-0.2, 0) is 11.3 Å². The van der Waals surface area contributed by atoms with Crippen LogP contribution in [0.15, 0.2) is 17.5 Å². The standard InChI is InChI=1S/C12H19NO2S/c14-7-8-15-11-3-5-13(6-4-11)10-12-2-1-9-16-12/h1-2,9,11,14H,3-8,10H2. The molecule has 0 amide bonds. The Bertz CT molecular complexity index is 281. The number of hydrogen-bond acceptors (Lipinski definition) is 4. The Morgan fingerprint density at radius 1 is 1.44 bits per heavy atom. The highest BCUT2D eigenvalue weighted by Crippen LogP contribution is 2.18. The zero-order valence-electron chi connectivity index (χ0n) is 9.47. The molecule has 16 heavy (non-hydrogen) atoms. The molecule has 4 heteroatoms. The van der Waals surface area contributed by atoms with E-state index < -0.39 is 0 Å². The highest BCUT2D eigenvalue weighted by Gasteiger charge is 2.19. The van der Waals surface area contributed by atoms with Crippen LogP contribution in [0.1, 0.15) is 17.7 Å². The Balaban J connectivity index is 1.69. The maximum absolute atomic E-state index is 8.69. The molecule has 2 rings (SSSR count). The predicted molar refractivity (Wildman–Crippen MR) is 65.7 cm³/mol. The van der Waals surface area contributed by atoms with Gasteiger partial charge in [0.15, 0.2) is 0 Å². The molecule has 0 bridgehead atoms. The molecule has 90 valence electrons. The molecule has 0 aromatic carbocycles. The SMILES string of the molecule is OCCOC1CCN(Cc2cccs2)CC1. The molecule has 1 aliphatic heterocycles. The number of ether oxygens (including phenoxy) is 1. The van der Waals surface area contributed by atoms with Gasteiger partial charge in [-0.2, -0.15) is 0 Å². The van der Waals surface area contributed by atoms with Gasteiger partial charge in [0.1, 0.15) is 0 Å². The molecule has 0 saturated carbocycles. The highest BCUT2D eigenvalue weighted by molar-refractivity contribution is 7.09. The summed E-state index contributed by atoms with van der Waals surface area (Å²) in [6.07, 6.45) is 2.53. The molecule has 1 aromatic heterocycles. The first-order valence-electron chi connectivity index (χ1n) is 5.85. The van der Waals surface area contributed by atoms with Gasteiger partial charge in [-0.15, -0.1) is 11.3 Å². The first kappa shape index (κ1) is 12.0. The summed E-state index contributed by atoms with van der Waals surface area (Å²) in [5, 5.41) is 10.8. The van der Waals surface area contributed by atoms with E-state index in [0.717, 1.165) is 32.5 Å². The minimum absolute atomic E-state index is 0.134. The lowest BCUT2D eigenvalue weighted by molar-refractivity contribution is -0.00886. The van der Waals surface area contributed by atoms with Crippen LogP contribution < -0.4 is 0 Å². The predicted octanol–water partition coefficient (Wildman–Crippen LogP) is 1.72. The maximum Gasteiger partial charge on any atom is 0.0701 e. The first-order chi connectivity index (χ1) is 7.88. The van der Waals surface area contributed by atoms with Crippen LogP contribution in [0.4, 0.5) is 0 Å². The molecule has 0 atom stereocenters. The van der Waals surface area contributed by atoms with Crippen LogP contribution in [0.25, 0.3) is 0 Å². The molecule has 1 aliphatic rings. The smallest absolute Gasteiger partial charge is 0.0701 e. The number of hydrogen-bond donors (Lipinski definition) is 1. The van der Waals surface area contributed by atoms with E-state index in [2.05, 4.69) is 22.4 Å². The summed E-state index contributed by atoms with van der Waals surface area (Å²) in [6, 6.07) is 4.30. The van der Waals surface area contributed by atoms with E-state index in [9.17, 15) is 0 Å². The quantitative estimate of drug-likeness (QED) is 0.852. The van der Waals surface area contributed by atoms with E-state index in [1.54, 1.807) is 0 Å². The third-order valence-electron chi connectivity index (χ3n) is 2.94. The molecule has 1 N–H and O–H groups in total. The molecule has 0 radical (unpaired) electrons. The van der Waals surface area contributed by atoms with Crippen LogP contribution in [0.2, 0.25) is 0 Å². The lowest BCUT2D eigenvalue weighted by Crippen LogP contribution is -2.36. The van der Waals surface area contributed by atoms with Crippen LogP contribution in [-0.4, -0.2) is 42.4 Å². The van der Waals surface area contributed by atoms with Gasteiger partial charge >= 0.3 is 0 Å². The van der Waals surface area contributed by atoms with Crippen molar-refractivity contribution in [3.05, 3.63) is 22.4 Å². The van der Waals surface area contributed by atoms with Crippen molar-refractivity contribution in [3.8, 4) is 0 Å². The molecule has 0 aliphatic carbocycles. The number of likely N-dealkylation sites (tertiary alicyclic amines) is 1. The third kappa shape index (κ3) is 3.56. The molecular formula is C12H19NO2S. The van der Waals surface area contributed by atoms with Gasteiger partial charge in [-0.25, -0.2) is 0 Å². The number of nitrogens with zero attached hydrogens (tertiary/aromatic N) is 1. The number of rotatable bonds is 5. The van der Waals surface area contributed by atoms with Crippen molar-refractivity contribution in [2.24, 2.45) is 0 Å². The van der Waals surface area contributed by atoms with Crippen molar-refractivity contribution < 1.29 is 9.84 Å². The zero-order chi connectivity index (χ0) is 11.2. The Kier molecular flexibility index (Phi) is 4.78. The second-order valence-electron chi connectivity index (χ2n) is 4.15. The Morgan fingerprint density at radius 3 is 2.88 bits per heavy atom. The monoisotopic (exact) mass is 241 g/mol. The molecule has 0 unspecified atom stereocenters. The molecule has 1 fully saturated rings. The van der Waals surface area contributed by atoms with E-state index >= 15 is 0 Å². The summed E-state index contributed by atoms with van der Waals surface area (Å²) in [5.41, 5.74) is 0. The summed E-state index contributed by atoms with van der Waals surface area (Å²) in [5.74, 6) is 0. The van der Waals surface area contributed by atoms with Gasteiger partial charge in [-0.1, -0.05) is 6.07 Å². The molecule has 2 heterocycles. The van der Waals surface area contributed by atoms with Crippen molar-refractivity contribution in [3.63, 3.8) is 0 Å². The van der Waals surface area contributed by atoms with Crippen LogP contribution in [0.5, 0.6) is 0 Å². The number of piperidine rings is 1. The van der Waals surface area contributed by atoms with Crippen molar-refractivity contribution in [1.82, 2.24) is 4.90 Å². The second kappa shape index (κ2) is 6.35. The third-order valence-corrected chi connectivity index (χ3v) is 3.80. The van der Waals surface area contributed by atoms with E-state index in [0.29, 0.717) is 12.7 Å². The Morgan fingerprint density at radius 2 is 2.25 bits per heavy atom. The van der Waals surface area contributed by atoms with Crippen LogP contribution in [0, 0.1) is 0 Å². The lowest BCUT2D eigenvalue weighted by atomic mass is 10.1. The van der Waals surface area contributed by atoms with E-state index in [4.69, 9.17) is 9.84 Å². The zero-order valence-corrected chi connectivity index (χ0v) is 10.3. The van der Waals surface area contributed by atoms with Crippen molar-refractivity contribution >= 4 is 11.3 Å². The summed E-state index contributed by atoms with van der Waals surface area (Å²) >= 11 is 1.83. The molecule has 1 aromatic rings. The van der Waals surface area contributed by atoms with Gasteiger partial charge in [0, 0.05) is 24.5 Å². The molecule has 0 spiro atoms. The fourth-order valence-corrected chi connectivity index (χ4v) is 2.82. The lowest BCUT2D eigenvalue weighted by Gasteiger charge is -2.31. The summed E-state index contributed by atoms with van der Waals surface area (Å²) in [6.45, 7) is 3.90. The van der Waals surface area contributed by atoms with Gasteiger partial charge in [0.25, 0.3) is 0 Å². The fourth-order valence-electron chi connectivity index (χ4n) is 2.08. The van der Waals surface area contributed by atoms with Gasteiger partial charge in [-0.3, -0.25) is 4.90 Å². The van der Waals surface area contributed by atoms with E-state index in [1.807, 2.05) is 11.3 Å². The van der Waals surface area contributed by atoms with Gasteiger partial charge in [0.05, 0.1) is 19.3 Å². The summed E-state index contributed by atoms with van der Waals surface area (Å²) < 4.78 is 5.54. The average Bonchev–Trinajstić information content (AvgIpc) is 2.81. The molecule has 3 nitrogen and oxygen atoms in total. The Labute approximate surface area is 101 Å². The molecule has 1 saturated heterocycles. The number of thiophene rings is 1. The van der Waals surface area contributed by atoms with Crippen molar-refractivity contribution in [1.29, 1.82) is 0 Å². The van der Waals surface area contributed by atoms with Gasteiger partial charge in [-0.05, 0) is 24.3 Å². The number of aliphatic hydroxyl groups is 1. The minimum Gasteiger partial charge on any atom is -0.394 e. The largest absolute Gasteiger partial charge is 0.394 e. The Hall–Kier alpha value is -0.420. The van der Waals surface area contributed by atoms with Crippen LogP contribution >= 0.6 is 11.3 Å². The topological polar surface area (TPSA) is 32.7 Å². The normalized spacial score (nSPS) is 19.1. The van der Waals surface area contributed by atoms with Crippen molar-refractivity contribution in [2.45, 2.75) is 25.5 Å². The summed E-state index contributed by atoms with van der Waals surface area (Å²) in [4.78, 5) is 3.92. The van der Waals surface area contributed by atoms with E-state index in [1.165, 1.54) is 4.88 Å². The summed E-state index contributed by atoms with van der Waals surface area (Å²) in [7, 11) is 0. The number of aliphatic hydroxyl groups excluding tert-OH is 1.